The van der Waals surface area contributed by atoms with Crippen molar-refractivity contribution in [2.45, 2.75) is 18.6 Å². The molecule has 0 spiro atoms. The quantitative estimate of drug-likeness (QED) is 0.899. The third kappa shape index (κ3) is 6.03. The van der Waals surface area contributed by atoms with E-state index in [9.17, 15) is 13.2 Å². The SMILES string of the molecule is NC(Cc1ccccc1)CN1CCN(CC(F)(F)F)CC1. The lowest BCUT2D eigenvalue weighted by Crippen LogP contribution is -2.52. The summed E-state index contributed by atoms with van der Waals surface area (Å²) in [6.07, 6.45) is -3.31. The van der Waals surface area contributed by atoms with Crippen molar-refractivity contribution in [3.8, 4) is 0 Å². The normalized spacial score (nSPS) is 19.6. The lowest BCUT2D eigenvalue weighted by Gasteiger charge is -2.36. The summed E-state index contributed by atoms with van der Waals surface area (Å²) in [6.45, 7) is 2.14. The van der Waals surface area contributed by atoms with Gasteiger partial charge < -0.3 is 5.73 Å². The van der Waals surface area contributed by atoms with E-state index in [1.165, 1.54) is 10.5 Å². The molecule has 1 aliphatic rings. The third-order valence-electron chi connectivity index (χ3n) is 3.70. The molecular formula is C15H22F3N3. The zero-order valence-corrected chi connectivity index (χ0v) is 12.0. The van der Waals surface area contributed by atoms with Crippen LogP contribution in [0.5, 0.6) is 0 Å². The minimum atomic E-state index is -4.11. The van der Waals surface area contributed by atoms with E-state index in [2.05, 4.69) is 4.90 Å². The van der Waals surface area contributed by atoms with E-state index in [-0.39, 0.29) is 6.04 Å². The van der Waals surface area contributed by atoms with Crippen molar-refractivity contribution in [2.75, 3.05) is 39.3 Å². The van der Waals surface area contributed by atoms with E-state index in [1.54, 1.807) is 0 Å². The van der Waals surface area contributed by atoms with Gasteiger partial charge in [-0.15, -0.1) is 0 Å². The van der Waals surface area contributed by atoms with Gasteiger partial charge in [0.25, 0.3) is 0 Å². The Kier molecular flexibility index (Phi) is 5.61. The Morgan fingerprint density at radius 2 is 1.57 bits per heavy atom. The number of alkyl halides is 3. The molecule has 0 amide bonds. The number of hydrogen-bond acceptors (Lipinski definition) is 3. The number of benzene rings is 1. The first-order valence-corrected chi connectivity index (χ1v) is 7.23. The van der Waals surface area contributed by atoms with Crippen LogP contribution in [0.2, 0.25) is 0 Å². The predicted octanol–water partition coefficient (Wildman–Crippen LogP) is 1.74. The van der Waals surface area contributed by atoms with Crippen LogP contribution in [0.15, 0.2) is 30.3 Å². The zero-order chi connectivity index (χ0) is 15.3. The highest BCUT2D eigenvalue weighted by Gasteiger charge is 2.32. The number of hydrogen-bond donors (Lipinski definition) is 1. The smallest absolute Gasteiger partial charge is 0.326 e. The molecule has 1 aromatic rings. The largest absolute Gasteiger partial charge is 0.401 e. The second kappa shape index (κ2) is 7.24. The molecule has 1 aromatic carbocycles. The van der Waals surface area contributed by atoms with E-state index in [1.807, 2.05) is 30.3 Å². The van der Waals surface area contributed by atoms with Gasteiger partial charge in [0, 0.05) is 38.8 Å². The molecule has 3 nitrogen and oxygen atoms in total. The molecule has 0 saturated carbocycles. The van der Waals surface area contributed by atoms with E-state index >= 15 is 0 Å². The van der Waals surface area contributed by atoms with E-state index in [0.29, 0.717) is 26.2 Å². The molecule has 2 rings (SSSR count). The lowest BCUT2D eigenvalue weighted by molar-refractivity contribution is -0.149. The van der Waals surface area contributed by atoms with Crippen LogP contribution in [0.3, 0.4) is 0 Å². The maximum Gasteiger partial charge on any atom is 0.401 e. The fourth-order valence-electron chi connectivity index (χ4n) is 2.70. The Bertz CT molecular complexity index is 414. The van der Waals surface area contributed by atoms with Gasteiger partial charge in [-0.05, 0) is 12.0 Å². The number of rotatable bonds is 5. The maximum atomic E-state index is 12.3. The zero-order valence-electron chi connectivity index (χ0n) is 12.0. The van der Waals surface area contributed by atoms with Crippen LogP contribution < -0.4 is 5.73 Å². The van der Waals surface area contributed by atoms with E-state index in [4.69, 9.17) is 5.73 Å². The first-order valence-electron chi connectivity index (χ1n) is 7.23. The van der Waals surface area contributed by atoms with Crippen LogP contribution in [0.4, 0.5) is 13.2 Å². The highest BCUT2D eigenvalue weighted by atomic mass is 19.4. The molecule has 21 heavy (non-hydrogen) atoms. The van der Waals surface area contributed by atoms with Crippen molar-refractivity contribution in [1.82, 2.24) is 9.80 Å². The molecule has 0 aromatic heterocycles. The summed E-state index contributed by atoms with van der Waals surface area (Å²) in [5, 5.41) is 0. The van der Waals surface area contributed by atoms with E-state index in [0.717, 1.165) is 13.0 Å². The second-order valence-corrected chi connectivity index (χ2v) is 5.64. The molecule has 1 saturated heterocycles. The molecule has 1 aliphatic heterocycles. The summed E-state index contributed by atoms with van der Waals surface area (Å²) in [6, 6.07) is 10.0. The van der Waals surface area contributed by atoms with Crippen LogP contribution in [-0.4, -0.2) is 61.3 Å². The molecule has 1 atom stereocenters. The molecule has 0 bridgehead atoms. The third-order valence-corrected chi connectivity index (χ3v) is 3.70. The van der Waals surface area contributed by atoms with Crippen molar-refractivity contribution in [1.29, 1.82) is 0 Å². The summed E-state index contributed by atoms with van der Waals surface area (Å²) in [4.78, 5) is 3.61. The van der Waals surface area contributed by atoms with Crippen LogP contribution >= 0.6 is 0 Å². The summed E-state index contributed by atoms with van der Waals surface area (Å²) < 4.78 is 36.9. The molecule has 2 N–H and O–H groups in total. The monoisotopic (exact) mass is 301 g/mol. The maximum absolute atomic E-state index is 12.3. The minimum Gasteiger partial charge on any atom is -0.326 e. The Morgan fingerprint density at radius 1 is 1.00 bits per heavy atom. The van der Waals surface area contributed by atoms with Crippen LogP contribution in [0.25, 0.3) is 0 Å². The molecule has 1 heterocycles. The Morgan fingerprint density at radius 3 is 2.14 bits per heavy atom. The molecule has 118 valence electrons. The Labute approximate surface area is 123 Å². The van der Waals surface area contributed by atoms with Gasteiger partial charge >= 0.3 is 6.18 Å². The van der Waals surface area contributed by atoms with E-state index < -0.39 is 12.7 Å². The molecule has 6 heteroatoms. The number of halogens is 3. The minimum absolute atomic E-state index is 0.0153. The van der Waals surface area contributed by atoms with Gasteiger partial charge in [-0.2, -0.15) is 13.2 Å². The van der Waals surface area contributed by atoms with Gasteiger partial charge in [-0.1, -0.05) is 30.3 Å². The summed E-state index contributed by atoms with van der Waals surface area (Å²) in [5.74, 6) is 0. The Hall–Kier alpha value is -1.11. The molecule has 0 radical (unpaired) electrons. The average molecular weight is 301 g/mol. The number of piperazine rings is 1. The van der Waals surface area contributed by atoms with Crippen LogP contribution in [0, 0.1) is 0 Å². The van der Waals surface area contributed by atoms with Crippen molar-refractivity contribution in [3.05, 3.63) is 35.9 Å². The average Bonchev–Trinajstić information content (AvgIpc) is 2.40. The lowest BCUT2D eigenvalue weighted by atomic mass is 10.1. The topological polar surface area (TPSA) is 32.5 Å². The predicted molar refractivity (Wildman–Crippen MR) is 77.1 cm³/mol. The Balaban J connectivity index is 1.71. The highest BCUT2D eigenvalue weighted by Crippen LogP contribution is 2.17. The fraction of sp³-hybridized carbons (Fsp3) is 0.600. The van der Waals surface area contributed by atoms with Crippen molar-refractivity contribution >= 4 is 0 Å². The van der Waals surface area contributed by atoms with Gasteiger partial charge in [0.05, 0.1) is 6.54 Å². The van der Waals surface area contributed by atoms with Crippen LogP contribution in [-0.2, 0) is 6.42 Å². The van der Waals surface area contributed by atoms with Crippen molar-refractivity contribution in [2.24, 2.45) is 5.73 Å². The molecule has 0 aliphatic carbocycles. The summed E-state index contributed by atoms with van der Waals surface area (Å²) in [5.41, 5.74) is 7.33. The van der Waals surface area contributed by atoms with Crippen molar-refractivity contribution < 1.29 is 13.2 Å². The molecular weight excluding hydrogens is 279 g/mol. The number of nitrogens with two attached hydrogens (primary N) is 1. The van der Waals surface area contributed by atoms with Gasteiger partial charge in [0.1, 0.15) is 0 Å². The summed E-state index contributed by atoms with van der Waals surface area (Å²) in [7, 11) is 0. The standard InChI is InChI=1S/C15H22F3N3/c16-15(17,18)12-21-8-6-20(7-9-21)11-14(19)10-13-4-2-1-3-5-13/h1-5,14H,6-12,19H2. The fourth-order valence-corrected chi connectivity index (χ4v) is 2.70. The van der Waals surface area contributed by atoms with Gasteiger partial charge in [0.2, 0.25) is 0 Å². The second-order valence-electron chi connectivity index (χ2n) is 5.64. The molecule has 1 unspecified atom stereocenters. The first kappa shape index (κ1) is 16.3. The van der Waals surface area contributed by atoms with Crippen LogP contribution in [0.1, 0.15) is 5.56 Å². The van der Waals surface area contributed by atoms with Gasteiger partial charge in [0.15, 0.2) is 0 Å². The summed E-state index contributed by atoms with van der Waals surface area (Å²) >= 11 is 0. The van der Waals surface area contributed by atoms with Crippen molar-refractivity contribution in [3.63, 3.8) is 0 Å². The molecule has 1 fully saturated rings. The van der Waals surface area contributed by atoms with Gasteiger partial charge in [-0.3, -0.25) is 9.80 Å². The highest BCUT2D eigenvalue weighted by molar-refractivity contribution is 5.15. The van der Waals surface area contributed by atoms with Gasteiger partial charge in [-0.25, -0.2) is 0 Å². The first-order chi connectivity index (χ1) is 9.92. The number of nitrogens with zero attached hydrogens (tertiary/aromatic N) is 2.